The fourth-order valence-corrected chi connectivity index (χ4v) is 2.95. The van der Waals surface area contributed by atoms with E-state index in [-0.39, 0.29) is 12.5 Å². The molecule has 0 aliphatic rings. The maximum atomic E-state index is 12.1. The predicted molar refractivity (Wildman–Crippen MR) is 109 cm³/mol. The van der Waals surface area contributed by atoms with Gasteiger partial charge in [-0.25, -0.2) is 4.79 Å². The van der Waals surface area contributed by atoms with E-state index in [4.69, 9.17) is 9.84 Å². The summed E-state index contributed by atoms with van der Waals surface area (Å²) in [4.78, 5) is 35.3. The van der Waals surface area contributed by atoms with Gasteiger partial charge in [0.15, 0.2) is 6.61 Å². The number of carboxylic acids is 1. The number of carbonyl (C=O) groups is 3. The van der Waals surface area contributed by atoms with Gasteiger partial charge in [-0.3, -0.25) is 9.59 Å². The van der Waals surface area contributed by atoms with E-state index in [1.807, 2.05) is 30.3 Å². The molecule has 2 atom stereocenters. The Labute approximate surface area is 171 Å². The van der Waals surface area contributed by atoms with Crippen LogP contribution in [0.2, 0.25) is 0 Å². The molecule has 2 rings (SSSR count). The average Bonchev–Trinajstić information content (AvgIpc) is 2.63. The summed E-state index contributed by atoms with van der Waals surface area (Å²) < 4.78 is 6.47. The van der Waals surface area contributed by atoms with Crippen molar-refractivity contribution in [1.82, 2.24) is 10.6 Å². The lowest BCUT2D eigenvalue weighted by atomic mass is 10.0. The van der Waals surface area contributed by atoms with E-state index in [0.29, 0.717) is 5.75 Å². The molecule has 0 radical (unpaired) electrons. The van der Waals surface area contributed by atoms with Gasteiger partial charge in [0.25, 0.3) is 5.91 Å². The van der Waals surface area contributed by atoms with E-state index in [1.165, 1.54) is 6.92 Å². The highest BCUT2D eigenvalue weighted by molar-refractivity contribution is 9.10. The summed E-state index contributed by atoms with van der Waals surface area (Å²) in [6.45, 7) is 4.61. The maximum absolute atomic E-state index is 12.1. The summed E-state index contributed by atoms with van der Waals surface area (Å²) >= 11 is 3.42. The molecule has 2 aromatic rings. The lowest BCUT2D eigenvalue weighted by Crippen LogP contribution is -2.52. The zero-order valence-electron chi connectivity index (χ0n) is 15.9. The van der Waals surface area contributed by atoms with Crippen molar-refractivity contribution in [2.24, 2.45) is 5.92 Å². The number of fused-ring (bicyclic) bond motifs is 1. The number of ether oxygens (including phenoxy) is 1. The highest BCUT2D eigenvalue weighted by Crippen LogP contribution is 2.24. The zero-order chi connectivity index (χ0) is 20.8. The first-order chi connectivity index (χ1) is 13.2. The quantitative estimate of drug-likeness (QED) is 0.573. The minimum atomic E-state index is -1.12. The van der Waals surface area contributed by atoms with Gasteiger partial charge in [0.05, 0.1) is 0 Å². The summed E-state index contributed by atoms with van der Waals surface area (Å²) in [7, 11) is 0. The monoisotopic (exact) mass is 450 g/mol. The Hall–Kier alpha value is -2.61. The molecule has 0 aromatic heterocycles. The molecular formula is C20H23BrN2O5. The number of rotatable bonds is 8. The second-order valence-electron chi connectivity index (χ2n) is 6.80. The molecule has 0 fully saturated rings. The van der Waals surface area contributed by atoms with Gasteiger partial charge in [-0.2, -0.15) is 0 Å². The third kappa shape index (κ3) is 5.95. The van der Waals surface area contributed by atoms with Crippen LogP contribution in [0.1, 0.15) is 20.8 Å². The Bertz CT molecular complexity index is 884. The second kappa shape index (κ2) is 9.54. The van der Waals surface area contributed by atoms with Crippen LogP contribution in [0.3, 0.4) is 0 Å². The highest BCUT2D eigenvalue weighted by atomic mass is 79.9. The molecule has 0 spiro atoms. The van der Waals surface area contributed by atoms with E-state index in [1.54, 1.807) is 19.9 Å². The molecule has 0 heterocycles. The topological polar surface area (TPSA) is 105 Å². The molecule has 3 N–H and O–H groups in total. The van der Waals surface area contributed by atoms with E-state index >= 15 is 0 Å². The van der Waals surface area contributed by atoms with Crippen LogP contribution in [0.5, 0.6) is 5.75 Å². The van der Waals surface area contributed by atoms with E-state index in [9.17, 15) is 14.4 Å². The second-order valence-corrected chi connectivity index (χ2v) is 7.72. The van der Waals surface area contributed by atoms with Crippen LogP contribution in [-0.4, -0.2) is 41.6 Å². The summed E-state index contributed by atoms with van der Waals surface area (Å²) in [6, 6.07) is 9.41. The van der Waals surface area contributed by atoms with Crippen LogP contribution in [0.25, 0.3) is 10.8 Å². The first-order valence-electron chi connectivity index (χ1n) is 8.82. The number of hydrogen-bond acceptors (Lipinski definition) is 4. The van der Waals surface area contributed by atoms with Gasteiger partial charge in [0.2, 0.25) is 5.91 Å². The van der Waals surface area contributed by atoms with Crippen LogP contribution < -0.4 is 15.4 Å². The van der Waals surface area contributed by atoms with Crippen molar-refractivity contribution in [3.8, 4) is 5.75 Å². The first-order valence-corrected chi connectivity index (χ1v) is 9.61. The van der Waals surface area contributed by atoms with Crippen molar-refractivity contribution in [3.63, 3.8) is 0 Å². The van der Waals surface area contributed by atoms with Crippen molar-refractivity contribution in [3.05, 3.63) is 40.9 Å². The third-order valence-electron chi connectivity index (χ3n) is 4.14. The molecule has 0 saturated heterocycles. The molecule has 0 aliphatic carbocycles. The number of aliphatic carboxylic acids is 1. The lowest BCUT2D eigenvalue weighted by molar-refractivity contribution is -0.143. The fourth-order valence-electron chi connectivity index (χ4n) is 2.57. The van der Waals surface area contributed by atoms with Gasteiger partial charge in [0, 0.05) is 4.47 Å². The van der Waals surface area contributed by atoms with E-state index in [2.05, 4.69) is 26.6 Å². The molecular weight excluding hydrogens is 428 g/mol. The zero-order valence-corrected chi connectivity index (χ0v) is 17.4. The number of amides is 2. The fraction of sp³-hybridized carbons (Fsp3) is 0.350. The van der Waals surface area contributed by atoms with Crippen molar-refractivity contribution in [2.45, 2.75) is 32.9 Å². The first kappa shape index (κ1) is 21.7. The largest absolute Gasteiger partial charge is 0.484 e. The Balaban J connectivity index is 1.88. The minimum Gasteiger partial charge on any atom is -0.484 e. The molecule has 7 nitrogen and oxygen atoms in total. The maximum Gasteiger partial charge on any atom is 0.326 e. The van der Waals surface area contributed by atoms with Crippen LogP contribution >= 0.6 is 15.9 Å². The Morgan fingerprint density at radius 2 is 1.68 bits per heavy atom. The number of nitrogens with one attached hydrogen (secondary N) is 2. The highest BCUT2D eigenvalue weighted by Gasteiger charge is 2.26. The Morgan fingerprint density at radius 3 is 2.32 bits per heavy atom. The number of carbonyl (C=O) groups excluding carboxylic acids is 2. The van der Waals surface area contributed by atoms with Crippen molar-refractivity contribution >= 4 is 44.5 Å². The molecule has 150 valence electrons. The van der Waals surface area contributed by atoms with Crippen molar-refractivity contribution < 1.29 is 24.2 Å². The van der Waals surface area contributed by atoms with E-state index < -0.39 is 29.9 Å². The third-order valence-corrected chi connectivity index (χ3v) is 4.64. The van der Waals surface area contributed by atoms with Crippen LogP contribution in [0, 0.1) is 5.92 Å². The van der Waals surface area contributed by atoms with Gasteiger partial charge in [-0.15, -0.1) is 0 Å². The predicted octanol–water partition coefficient (Wildman–Crippen LogP) is 2.71. The summed E-state index contributed by atoms with van der Waals surface area (Å²) in [6.07, 6.45) is 0. The number of hydrogen-bond donors (Lipinski definition) is 3. The SMILES string of the molecule is CC(C)[C@H](NC(=O)[C@H](C)NC(=O)COc1ccc2cc(Br)ccc2c1)C(=O)O. The van der Waals surface area contributed by atoms with Gasteiger partial charge in [-0.05, 0) is 47.9 Å². The normalized spacial score (nSPS) is 13.0. The molecule has 0 saturated carbocycles. The van der Waals surface area contributed by atoms with Crippen molar-refractivity contribution in [1.29, 1.82) is 0 Å². The summed E-state index contributed by atoms with van der Waals surface area (Å²) in [5.41, 5.74) is 0. The Kier molecular flexibility index (Phi) is 7.39. The standard InChI is InChI=1S/C20H23BrN2O5/c1-11(2)18(20(26)27)23-19(25)12(3)22-17(24)10-28-16-7-5-13-8-15(21)6-4-14(13)9-16/h4-9,11-12,18H,10H2,1-3H3,(H,22,24)(H,23,25)(H,26,27)/t12-,18-/m0/s1. The number of carboxylic acid groups (broad SMARTS) is 1. The van der Waals surface area contributed by atoms with Gasteiger partial charge in [0.1, 0.15) is 17.8 Å². The van der Waals surface area contributed by atoms with Crippen LogP contribution in [0.15, 0.2) is 40.9 Å². The number of halogens is 1. The molecule has 0 unspecified atom stereocenters. The number of benzene rings is 2. The van der Waals surface area contributed by atoms with Crippen molar-refractivity contribution in [2.75, 3.05) is 6.61 Å². The molecule has 0 aliphatic heterocycles. The molecule has 28 heavy (non-hydrogen) atoms. The molecule has 2 amide bonds. The van der Waals surface area contributed by atoms with Gasteiger partial charge < -0.3 is 20.5 Å². The van der Waals surface area contributed by atoms with E-state index in [0.717, 1.165) is 15.2 Å². The Morgan fingerprint density at radius 1 is 1.04 bits per heavy atom. The summed E-state index contributed by atoms with van der Waals surface area (Å²) in [5, 5.41) is 16.1. The summed E-state index contributed by atoms with van der Waals surface area (Å²) in [5.74, 6) is -1.90. The smallest absolute Gasteiger partial charge is 0.326 e. The molecule has 8 heteroatoms. The molecule has 2 aromatic carbocycles. The van der Waals surface area contributed by atoms with Gasteiger partial charge in [-0.1, -0.05) is 41.9 Å². The van der Waals surface area contributed by atoms with Crippen LogP contribution in [-0.2, 0) is 14.4 Å². The average molecular weight is 451 g/mol. The lowest BCUT2D eigenvalue weighted by Gasteiger charge is -2.21. The van der Waals surface area contributed by atoms with Crippen LogP contribution in [0.4, 0.5) is 0 Å². The van der Waals surface area contributed by atoms with Gasteiger partial charge >= 0.3 is 5.97 Å². The molecule has 0 bridgehead atoms. The minimum absolute atomic E-state index is 0.258.